The van der Waals surface area contributed by atoms with Crippen molar-refractivity contribution in [2.24, 2.45) is 0 Å². The van der Waals surface area contributed by atoms with Gasteiger partial charge in [-0.2, -0.15) is 0 Å². The number of carbonyl (C=O) groups is 2. The van der Waals surface area contributed by atoms with Gasteiger partial charge in [-0.15, -0.1) is 0 Å². The number of hydrogen-bond donors (Lipinski definition) is 2. The third-order valence-electron chi connectivity index (χ3n) is 2.83. The summed E-state index contributed by atoms with van der Waals surface area (Å²) in [7, 11) is 0. The van der Waals surface area contributed by atoms with Gasteiger partial charge in [0.2, 0.25) is 5.76 Å². The van der Waals surface area contributed by atoms with Crippen molar-refractivity contribution >= 4 is 11.9 Å². The molecule has 0 radical (unpaired) electrons. The maximum atomic E-state index is 12.8. The molecule has 5 nitrogen and oxygen atoms in total. The average molecular weight is 278 g/mol. The number of hydrogen-bond acceptors (Lipinski definition) is 3. The second-order valence-electron chi connectivity index (χ2n) is 4.23. The van der Waals surface area contributed by atoms with Crippen molar-refractivity contribution in [3.8, 4) is 0 Å². The van der Waals surface area contributed by atoms with Crippen molar-refractivity contribution in [1.82, 2.24) is 0 Å². The first-order chi connectivity index (χ1) is 9.47. The van der Waals surface area contributed by atoms with E-state index >= 15 is 0 Å². The fourth-order valence-electron chi connectivity index (χ4n) is 1.82. The van der Waals surface area contributed by atoms with Crippen LogP contribution in [0.4, 0.5) is 4.39 Å². The molecule has 0 amide bonds. The second-order valence-corrected chi connectivity index (χ2v) is 4.23. The molecule has 0 fully saturated rings. The van der Waals surface area contributed by atoms with Gasteiger partial charge in [0, 0.05) is 0 Å². The van der Waals surface area contributed by atoms with E-state index in [9.17, 15) is 19.1 Å². The molecule has 0 spiro atoms. The van der Waals surface area contributed by atoms with E-state index in [1.54, 1.807) is 0 Å². The molecule has 1 aromatic heterocycles. The molecule has 104 valence electrons. The van der Waals surface area contributed by atoms with Crippen molar-refractivity contribution in [3.63, 3.8) is 0 Å². The zero-order chi connectivity index (χ0) is 14.7. The SMILES string of the molecule is O=C(O)c1ccc(C(Cc2ccc(F)cc2)C(=O)O)o1. The van der Waals surface area contributed by atoms with Crippen LogP contribution in [0.5, 0.6) is 0 Å². The smallest absolute Gasteiger partial charge is 0.371 e. The highest BCUT2D eigenvalue weighted by Gasteiger charge is 2.25. The summed E-state index contributed by atoms with van der Waals surface area (Å²) in [4.78, 5) is 22.0. The lowest BCUT2D eigenvalue weighted by Crippen LogP contribution is -2.13. The number of furan rings is 1. The zero-order valence-corrected chi connectivity index (χ0v) is 10.2. The van der Waals surface area contributed by atoms with E-state index in [-0.39, 0.29) is 17.9 Å². The number of carboxylic acid groups (broad SMARTS) is 2. The van der Waals surface area contributed by atoms with Crippen molar-refractivity contribution in [2.75, 3.05) is 0 Å². The van der Waals surface area contributed by atoms with Crippen LogP contribution in [-0.2, 0) is 11.2 Å². The third-order valence-corrected chi connectivity index (χ3v) is 2.83. The number of halogens is 1. The van der Waals surface area contributed by atoms with Gasteiger partial charge >= 0.3 is 11.9 Å². The number of aliphatic carboxylic acids is 1. The van der Waals surface area contributed by atoms with Crippen LogP contribution < -0.4 is 0 Å². The van der Waals surface area contributed by atoms with Gasteiger partial charge in [0.05, 0.1) is 0 Å². The van der Waals surface area contributed by atoms with E-state index in [0.717, 1.165) is 0 Å². The van der Waals surface area contributed by atoms with Crippen LogP contribution in [0, 0.1) is 5.82 Å². The zero-order valence-electron chi connectivity index (χ0n) is 10.2. The van der Waals surface area contributed by atoms with E-state index in [2.05, 4.69) is 0 Å². The Morgan fingerprint density at radius 1 is 1.10 bits per heavy atom. The molecule has 0 saturated carbocycles. The van der Waals surface area contributed by atoms with Crippen molar-refractivity contribution in [2.45, 2.75) is 12.3 Å². The van der Waals surface area contributed by atoms with E-state index < -0.39 is 23.7 Å². The summed E-state index contributed by atoms with van der Waals surface area (Å²) in [6.07, 6.45) is 0.0855. The van der Waals surface area contributed by atoms with Gasteiger partial charge in [-0.3, -0.25) is 4.79 Å². The normalized spacial score (nSPS) is 12.1. The molecule has 0 aliphatic heterocycles. The molecule has 0 aliphatic rings. The van der Waals surface area contributed by atoms with E-state index in [1.165, 1.54) is 36.4 Å². The highest BCUT2D eigenvalue weighted by atomic mass is 19.1. The minimum absolute atomic E-state index is 0.0548. The maximum absolute atomic E-state index is 12.8. The number of aromatic carboxylic acids is 1. The Morgan fingerprint density at radius 3 is 2.25 bits per heavy atom. The molecule has 20 heavy (non-hydrogen) atoms. The fourth-order valence-corrected chi connectivity index (χ4v) is 1.82. The monoisotopic (exact) mass is 278 g/mol. The minimum Gasteiger partial charge on any atom is -0.481 e. The first kappa shape index (κ1) is 13.8. The first-order valence-electron chi connectivity index (χ1n) is 5.77. The molecule has 0 bridgehead atoms. The Morgan fingerprint density at radius 2 is 1.75 bits per heavy atom. The Balaban J connectivity index is 2.24. The summed E-state index contributed by atoms with van der Waals surface area (Å²) >= 11 is 0. The molecule has 6 heteroatoms. The van der Waals surface area contributed by atoms with Crippen LogP contribution in [0.2, 0.25) is 0 Å². The van der Waals surface area contributed by atoms with Crippen molar-refractivity contribution in [3.05, 3.63) is 59.3 Å². The Hall–Kier alpha value is -2.63. The summed E-state index contributed by atoms with van der Waals surface area (Å²) in [6.45, 7) is 0. The van der Waals surface area contributed by atoms with E-state index in [4.69, 9.17) is 9.52 Å². The lowest BCUT2D eigenvalue weighted by atomic mass is 9.97. The standard InChI is InChI=1S/C14H11FO5/c15-9-3-1-8(2-4-9)7-10(13(16)17)11-5-6-12(20-11)14(18)19/h1-6,10H,7H2,(H,16,17)(H,18,19). The molecule has 0 aliphatic carbocycles. The Kier molecular flexibility index (Phi) is 3.84. The van der Waals surface area contributed by atoms with E-state index in [0.29, 0.717) is 5.56 Å². The van der Waals surface area contributed by atoms with E-state index in [1.807, 2.05) is 0 Å². The molecule has 1 aromatic carbocycles. The van der Waals surface area contributed by atoms with Crippen LogP contribution in [0.3, 0.4) is 0 Å². The van der Waals surface area contributed by atoms with Gasteiger partial charge in [-0.25, -0.2) is 9.18 Å². The van der Waals surface area contributed by atoms with Crippen LogP contribution >= 0.6 is 0 Å². The molecule has 1 heterocycles. The molecule has 1 unspecified atom stereocenters. The molecule has 1 atom stereocenters. The molecule has 0 saturated heterocycles. The molecule has 2 rings (SSSR count). The number of carboxylic acids is 2. The van der Waals surface area contributed by atoms with Gasteiger partial charge in [0.25, 0.3) is 0 Å². The lowest BCUT2D eigenvalue weighted by molar-refractivity contribution is -0.139. The van der Waals surface area contributed by atoms with Crippen LogP contribution in [0.25, 0.3) is 0 Å². The molecule has 2 N–H and O–H groups in total. The van der Waals surface area contributed by atoms with Crippen LogP contribution in [-0.4, -0.2) is 22.2 Å². The highest BCUT2D eigenvalue weighted by Crippen LogP contribution is 2.24. The summed E-state index contributed by atoms with van der Waals surface area (Å²) in [5.41, 5.74) is 0.618. The number of rotatable bonds is 5. The predicted molar refractivity (Wildman–Crippen MR) is 66.1 cm³/mol. The average Bonchev–Trinajstić information content (AvgIpc) is 2.87. The minimum atomic E-state index is -1.26. The maximum Gasteiger partial charge on any atom is 0.371 e. The predicted octanol–water partition coefficient (Wildman–Crippen LogP) is 2.53. The van der Waals surface area contributed by atoms with Gasteiger partial charge < -0.3 is 14.6 Å². The second kappa shape index (κ2) is 5.56. The number of benzene rings is 1. The van der Waals surface area contributed by atoms with Gasteiger partial charge in [0.1, 0.15) is 17.5 Å². The topological polar surface area (TPSA) is 87.7 Å². The fraction of sp³-hybridized carbons (Fsp3) is 0.143. The highest BCUT2D eigenvalue weighted by molar-refractivity contribution is 5.84. The van der Waals surface area contributed by atoms with Gasteiger partial charge in [0.15, 0.2) is 0 Å². The summed E-state index contributed by atoms with van der Waals surface area (Å²) < 4.78 is 17.8. The quantitative estimate of drug-likeness (QED) is 0.877. The summed E-state index contributed by atoms with van der Waals surface area (Å²) in [6, 6.07) is 7.96. The lowest BCUT2D eigenvalue weighted by Gasteiger charge is -2.09. The Labute approximate surface area is 113 Å². The Bertz CT molecular complexity index is 629. The third kappa shape index (κ3) is 3.03. The van der Waals surface area contributed by atoms with Crippen LogP contribution in [0.15, 0.2) is 40.8 Å². The molecule has 2 aromatic rings. The van der Waals surface area contributed by atoms with Crippen molar-refractivity contribution < 1.29 is 28.6 Å². The van der Waals surface area contributed by atoms with Gasteiger partial charge in [-0.1, -0.05) is 12.1 Å². The molecular formula is C14H11FO5. The molecular weight excluding hydrogens is 267 g/mol. The summed E-state index contributed by atoms with van der Waals surface area (Å²) in [5.74, 6) is -4.09. The van der Waals surface area contributed by atoms with Crippen LogP contribution in [0.1, 0.15) is 27.8 Å². The summed E-state index contributed by atoms with van der Waals surface area (Å²) in [5, 5.41) is 18.0. The van der Waals surface area contributed by atoms with Gasteiger partial charge in [-0.05, 0) is 36.2 Å². The first-order valence-corrected chi connectivity index (χ1v) is 5.77. The van der Waals surface area contributed by atoms with Crippen molar-refractivity contribution in [1.29, 1.82) is 0 Å². The largest absolute Gasteiger partial charge is 0.481 e.